The van der Waals surface area contributed by atoms with Gasteiger partial charge in [-0.1, -0.05) is 36.4 Å². The van der Waals surface area contributed by atoms with Gasteiger partial charge in [0.2, 0.25) is 5.91 Å². The summed E-state index contributed by atoms with van der Waals surface area (Å²) in [5.74, 6) is -0.368. The van der Waals surface area contributed by atoms with Crippen molar-refractivity contribution < 1.29 is 9.90 Å². The van der Waals surface area contributed by atoms with Crippen LogP contribution in [0.4, 0.5) is 0 Å². The van der Waals surface area contributed by atoms with Gasteiger partial charge in [-0.2, -0.15) is 0 Å². The number of nitrogens with zero attached hydrogens (tertiary/aromatic N) is 1. The molecule has 0 radical (unpaired) electrons. The van der Waals surface area contributed by atoms with Gasteiger partial charge >= 0.3 is 0 Å². The molecule has 0 fully saturated rings. The first kappa shape index (κ1) is 13.2. The van der Waals surface area contributed by atoms with Gasteiger partial charge in [-0.25, -0.2) is 0 Å². The first-order valence-electron chi connectivity index (χ1n) is 6.14. The second-order valence-corrected chi connectivity index (χ2v) is 4.28. The molecule has 2 N–H and O–H groups in total. The molecule has 1 aromatic heterocycles. The highest BCUT2D eigenvalue weighted by molar-refractivity contribution is 5.80. The second-order valence-electron chi connectivity index (χ2n) is 4.28. The van der Waals surface area contributed by atoms with Crippen LogP contribution in [0, 0.1) is 0 Å². The summed E-state index contributed by atoms with van der Waals surface area (Å²) in [4.78, 5) is 15.7. The van der Waals surface area contributed by atoms with E-state index in [1.165, 1.54) is 0 Å². The third-order valence-corrected chi connectivity index (χ3v) is 2.76. The molecule has 1 heterocycles. The number of carbonyl (C=O) groups is 1. The zero-order valence-corrected chi connectivity index (χ0v) is 10.5. The normalized spacial score (nSPS) is 11.8. The van der Waals surface area contributed by atoms with E-state index in [1.54, 1.807) is 12.4 Å². The smallest absolute Gasteiger partial charge is 0.249 e. The van der Waals surface area contributed by atoms with Crippen molar-refractivity contribution in [2.24, 2.45) is 0 Å². The molecule has 98 valence electrons. The van der Waals surface area contributed by atoms with Crippen LogP contribution >= 0.6 is 0 Å². The van der Waals surface area contributed by atoms with E-state index in [2.05, 4.69) is 10.3 Å². The average Bonchev–Trinajstić information content (AvgIpc) is 2.47. The van der Waals surface area contributed by atoms with Crippen LogP contribution in [-0.4, -0.2) is 22.1 Å². The van der Waals surface area contributed by atoms with Crippen LogP contribution in [0.2, 0.25) is 0 Å². The van der Waals surface area contributed by atoms with E-state index in [0.29, 0.717) is 13.0 Å². The Morgan fingerprint density at radius 1 is 1.16 bits per heavy atom. The van der Waals surface area contributed by atoms with Gasteiger partial charge in [0.25, 0.3) is 0 Å². The molecule has 0 aliphatic carbocycles. The van der Waals surface area contributed by atoms with E-state index in [1.807, 2.05) is 42.5 Å². The maximum atomic E-state index is 11.7. The minimum Gasteiger partial charge on any atom is -0.383 e. The van der Waals surface area contributed by atoms with Gasteiger partial charge in [0.15, 0.2) is 0 Å². The maximum Gasteiger partial charge on any atom is 0.249 e. The van der Waals surface area contributed by atoms with Gasteiger partial charge in [0, 0.05) is 25.4 Å². The number of hydrogen-bond donors (Lipinski definition) is 2. The Bertz CT molecular complexity index is 514. The van der Waals surface area contributed by atoms with Crippen molar-refractivity contribution in [1.29, 1.82) is 0 Å². The van der Waals surface area contributed by atoms with Gasteiger partial charge in [-0.3, -0.25) is 9.78 Å². The van der Waals surface area contributed by atoms with Crippen LogP contribution in [0.25, 0.3) is 0 Å². The zero-order valence-electron chi connectivity index (χ0n) is 10.5. The van der Waals surface area contributed by atoms with Crippen LogP contribution in [0.3, 0.4) is 0 Å². The third kappa shape index (κ3) is 4.19. The summed E-state index contributed by atoms with van der Waals surface area (Å²) in [7, 11) is 0. The predicted octanol–water partition coefficient (Wildman–Crippen LogP) is 1.30. The summed E-state index contributed by atoms with van der Waals surface area (Å²) in [5.41, 5.74) is 1.84. The SMILES string of the molecule is O=C(NCc1cccnc1)[C@@H](O)Cc1ccccc1. The number of pyridine rings is 1. The van der Waals surface area contributed by atoms with Crippen LogP contribution in [0.15, 0.2) is 54.9 Å². The van der Waals surface area contributed by atoms with Gasteiger partial charge in [0.05, 0.1) is 0 Å². The van der Waals surface area contributed by atoms with Crippen LogP contribution in [0.5, 0.6) is 0 Å². The van der Waals surface area contributed by atoms with Crippen molar-refractivity contribution in [2.45, 2.75) is 19.1 Å². The monoisotopic (exact) mass is 256 g/mol. The molecule has 0 saturated heterocycles. The Hall–Kier alpha value is -2.20. The predicted molar refractivity (Wildman–Crippen MR) is 72.2 cm³/mol. The molecule has 1 atom stereocenters. The van der Waals surface area contributed by atoms with E-state index < -0.39 is 6.10 Å². The molecule has 0 unspecified atom stereocenters. The lowest BCUT2D eigenvalue weighted by atomic mass is 10.1. The molecule has 1 amide bonds. The van der Waals surface area contributed by atoms with Gasteiger partial charge < -0.3 is 10.4 Å². The number of benzene rings is 1. The Morgan fingerprint density at radius 3 is 2.58 bits per heavy atom. The fraction of sp³-hybridized carbons (Fsp3) is 0.200. The Morgan fingerprint density at radius 2 is 1.89 bits per heavy atom. The number of amides is 1. The minimum absolute atomic E-state index is 0.319. The molecule has 0 saturated carbocycles. The number of aromatic nitrogens is 1. The van der Waals surface area contributed by atoms with E-state index in [-0.39, 0.29) is 5.91 Å². The van der Waals surface area contributed by atoms with Crippen molar-refractivity contribution in [3.63, 3.8) is 0 Å². The van der Waals surface area contributed by atoms with Gasteiger partial charge in [-0.05, 0) is 17.2 Å². The molecule has 2 rings (SSSR count). The first-order valence-corrected chi connectivity index (χ1v) is 6.14. The van der Waals surface area contributed by atoms with Gasteiger partial charge in [0.1, 0.15) is 6.10 Å². The molecule has 0 aliphatic rings. The number of aliphatic hydroxyl groups excluding tert-OH is 1. The first-order chi connectivity index (χ1) is 9.25. The quantitative estimate of drug-likeness (QED) is 0.847. The lowest BCUT2D eigenvalue weighted by molar-refractivity contribution is -0.129. The van der Waals surface area contributed by atoms with Crippen LogP contribution in [-0.2, 0) is 17.8 Å². The number of hydrogen-bond acceptors (Lipinski definition) is 3. The number of aliphatic hydroxyl groups is 1. The number of nitrogens with one attached hydrogen (secondary N) is 1. The van der Waals surface area contributed by atoms with Crippen molar-refractivity contribution in [3.05, 3.63) is 66.0 Å². The third-order valence-electron chi connectivity index (χ3n) is 2.76. The summed E-state index contributed by atoms with van der Waals surface area (Å²) in [6.45, 7) is 0.374. The average molecular weight is 256 g/mol. The Balaban J connectivity index is 1.83. The van der Waals surface area contributed by atoms with Crippen molar-refractivity contribution in [3.8, 4) is 0 Å². The summed E-state index contributed by atoms with van der Waals surface area (Å²) in [5, 5.41) is 12.5. The van der Waals surface area contributed by atoms with Crippen molar-refractivity contribution in [2.75, 3.05) is 0 Å². The number of rotatable bonds is 5. The Kier molecular flexibility index (Phi) is 4.64. The van der Waals surface area contributed by atoms with Gasteiger partial charge in [-0.15, -0.1) is 0 Å². The Labute approximate surface area is 112 Å². The summed E-state index contributed by atoms with van der Waals surface area (Å²) >= 11 is 0. The molecule has 4 heteroatoms. The standard InChI is InChI=1S/C15H16N2O2/c18-14(9-12-5-2-1-3-6-12)15(19)17-11-13-7-4-8-16-10-13/h1-8,10,14,18H,9,11H2,(H,17,19)/t14-/m0/s1. The minimum atomic E-state index is -1.03. The topological polar surface area (TPSA) is 62.2 Å². The molecule has 2 aromatic rings. The second kappa shape index (κ2) is 6.66. The molecule has 1 aromatic carbocycles. The summed E-state index contributed by atoms with van der Waals surface area (Å²) in [6, 6.07) is 13.1. The van der Waals surface area contributed by atoms with Crippen LogP contribution < -0.4 is 5.32 Å². The van der Waals surface area contributed by atoms with E-state index in [0.717, 1.165) is 11.1 Å². The van der Waals surface area contributed by atoms with Crippen molar-refractivity contribution >= 4 is 5.91 Å². The highest BCUT2D eigenvalue weighted by Gasteiger charge is 2.14. The lowest BCUT2D eigenvalue weighted by Gasteiger charge is -2.11. The summed E-state index contributed by atoms with van der Waals surface area (Å²) < 4.78 is 0. The lowest BCUT2D eigenvalue weighted by Crippen LogP contribution is -2.35. The molecule has 0 bridgehead atoms. The highest BCUT2D eigenvalue weighted by atomic mass is 16.3. The molecule has 19 heavy (non-hydrogen) atoms. The fourth-order valence-electron chi connectivity index (χ4n) is 1.74. The zero-order chi connectivity index (χ0) is 13.5. The summed E-state index contributed by atoms with van der Waals surface area (Å²) in [6.07, 6.45) is 2.65. The van der Waals surface area contributed by atoms with E-state index in [9.17, 15) is 9.90 Å². The molecule has 0 aliphatic heterocycles. The largest absolute Gasteiger partial charge is 0.383 e. The number of carbonyl (C=O) groups excluding carboxylic acids is 1. The van der Waals surface area contributed by atoms with E-state index >= 15 is 0 Å². The molecule has 0 spiro atoms. The molecular formula is C15H16N2O2. The van der Waals surface area contributed by atoms with Crippen LogP contribution in [0.1, 0.15) is 11.1 Å². The fourth-order valence-corrected chi connectivity index (χ4v) is 1.74. The van der Waals surface area contributed by atoms with E-state index in [4.69, 9.17) is 0 Å². The molecule has 4 nitrogen and oxygen atoms in total. The maximum absolute atomic E-state index is 11.7. The highest BCUT2D eigenvalue weighted by Crippen LogP contribution is 2.03. The molecular weight excluding hydrogens is 240 g/mol. The van der Waals surface area contributed by atoms with Crippen molar-refractivity contribution in [1.82, 2.24) is 10.3 Å².